The summed E-state index contributed by atoms with van der Waals surface area (Å²) in [6.45, 7) is 20.6. The van der Waals surface area contributed by atoms with Gasteiger partial charge in [-0.05, 0) is 50.7 Å². The lowest BCUT2D eigenvalue weighted by Gasteiger charge is -2.34. The van der Waals surface area contributed by atoms with E-state index in [0.29, 0.717) is 25.1 Å². The first-order chi connectivity index (χ1) is 16.6. The van der Waals surface area contributed by atoms with Crippen LogP contribution in [0.5, 0.6) is 0 Å². The van der Waals surface area contributed by atoms with Crippen molar-refractivity contribution >= 4 is 35.5 Å². The van der Waals surface area contributed by atoms with Gasteiger partial charge in [0.1, 0.15) is 6.04 Å². The molecule has 0 aliphatic heterocycles. The number of carbonyl (C=O) groups is 4. The van der Waals surface area contributed by atoms with Crippen molar-refractivity contribution in [1.82, 2.24) is 16.0 Å². The Morgan fingerprint density at radius 3 is 1.97 bits per heavy atom. The molecule has 9 nitrogen and oxygen atoms in total. The summed E-state index contributed by atoms with van der Waals surface area (Å²) in [5, 5.41) is 17.4. The van der Waals surface area contributed by atoms with Gasteiger partial charge in [-0.25, -0.2) is 0 Å². The molecule has 0 spiro atoms. The fourth-order valence-corrected chi connectivity index (χ4v) is 4.31. The molecule has 0 rings (SSSR count). The predicted molar refractivity (Wildman–Crippen MR) is 150 cm³/mol. The van der Waals surface area contributed by atoms with Gasteiger partial charge < -0.3 is 25.8 Å². The van der Waals surface area contributed by atoms with Gasteiger partial charge in [0.2, 0.25) is 17.7 Å². The number of hydrogen-bond acceptors (Lipinski definition) is 6. The number of aliphatic carboxylic acids is 1. The van der Waals surface area contributed by atoms with Gasteiger partial charge in [0, 0.05) is 25.1 Å². The molecule has 0 radical (unpaired) electrons. The summed E-state index contributed by atoms with van der Waals surface area (Å²) in [5.41, 5.74) is -1.26. The number of carbonyl (C=O) groups excluding carboxylic acids is 3. The molecule has 0 saturated carbocycles. The molecule has 3 amide bonds. The third-order valence-corrected chi connectivity index (χ3v) is 6.70. The highest BCUT2D eigenvalue weighted by atomic mass is 32.2. The first kappa shape index (κ1) is 35.2. The summed E-state index contributed by atoms with van der Waals surface area (Å²) >= 11 is 1.56. The van der Waals surface area contributed by atoms with Gasteiger partial charge >= 0.3 is 5.97 Å². The van der Waals surface area contributed by atoms with Gasteiger partial charge in [0.05, 0.1) is 24.2 Å². The minimum absolute atomic E-state index is 0.0108. The van der Waals surface area contributed by atoms with Crippen LogP contribution in [0, 0.1) is 10.8 Å². The maximum atomic E-state index is 13.1. The molecular formula is C27H51N3O6S. The van der Waals surface area contributed by atoms with Crippen molar-refractivity contribution in [3.8, 4) is 0 Å². The summed E-state index contributed by atoms with van der Waals surface area (Å²) < 4.78 is 6.11. The fraction of sp³-hybridized carbons (Fsp3) is 0.852. The molecule has 216 valence electrons. The quantitative estimate of drug-likeness (QED) is 0.232. The zero-order valence-electron chi connectivity index (χ0n) is 24.6. The number of rotatable bonds is 16. The number of carboxylic acids is 1. The summed E-state index contributed by atoms with van der Waals surface area (Å²) in [4.78, 5) is 48.2. The van der Waals surface area contributed by atoms with Crippen LogP contribution in [-0.2, 0) is 23.9 Å². The monoisotopic (exact) mass is 545 g/mol. The second kappa shape index (κ2) is 15.0. The van der Waals surface area contributed by atoms with Crippen LogP contribution in [0.25, 0.3) is 0 Å². The molecule has 0 aliphatic carbocycles. The van der Waals surface area contributed by atoms with Gasteiger partial charge in [-0.2, -0.15) is 11.8 Å². The molecule has 4 N–H and O–H groups in total. The van der Waals surface area contributed by atoms with Crippen molar-refractivity contribution in [3.63, 3.8) is 0 Å². The SMILES string of the molecule is CC(C)(C)CSC[C@H](NC(=O)CCC(=O)O)C(=O)NC(C)(C)COC(C)(C)CCNC(=O)CC(C)(C)C. The van der Waals surface area contributed by atoms with Crippen LogP contribution in [0.3, 0.4) is 0 Å². The Morgan fingerprint density at radius 1 is 0.865 bits per heavy atom. The Kier molecular flexibility index (Phi) is 14.2. The molecule has 0 bridgehead atoms. The minimum Gasteiger partial charge on any atom is -0.481 e. The number of nitrogens with one attached hydrogen (secondary N) is 3. The van der Waals surface area contributed by atoms with Crippen molar-refractivity contribution in [3.05, 3.63) is 0 Å². The Hall–Kier alpha value is -1.81. The molecule has 0 heterocycles. The van der Waals surface area contributed by atoms with Crippen molar-refractivity contribution < 1.29 is 29.0 Å². The average Bonchev–Trinajstić information content (AvgIpc) is 2.67. The Morgan fingerprint density at radius 2 is 1.46 bits per heavy atom. The van der Waals surface area contributed by atoms with E-state index in [1.807, 2.05) is 48.5 Å². The lowest BCUT2D eigenvalue weighted by Crippen LogP contribution is -2.56. The molecule has 0 aromatic rings. The number of thioether (sulfide) groups is 1. The molecule has 1 atom stereocenters. The topological polar surface area (TPSA) is 134 Å². The van der Waals surface area contributed by atoms with E-state index in [0.717, 1.165) is 5.75 Å². The summed E-state index contributed by atoms with van der Waals surface area (Å²) in [5.74, 6) is -0.689. The van der Waals surface area contributed by atoms with E-state index in [9.17, 15) is 19.2 Å². The number of ether oxygens (including phenoxy) is 1. The van der Waals surface area contributed by atoms with Crippen LogP contribution in [0.4, 0.5) is 0 Å². The number of amides is 3. The Balaban J connectivity index is 4.96. The third-order valence-electron chi connectivity index (χ3n) is 5.06. The van der Waals surface area contributed by atoms with E-state index in [4.69, 9.17) is 9.84 Å². The lowest BCUT2D eigenvalue weighted by atomic mass is 9.92. The molecule has 0 aliphatic rings. The number of carboxylic acid groups (broad SMARTS) is 1. The largest absolute Gasteiger partial charge is 0.481 e. The zero-order chi connectivity index (χ0) is 29.1. The van der Waals surface area contributed by atoms with Crippen molar-refractivity contribution in [2.45, 2.75) is 112 Å². The first-order valence-corrected chi connectivity index (χ1v) is 14.1. The predicted octanol–water partition coefficient (Wildman–Crippen LogP) is 3.75. The van der Waals surface area contributed by atoms with Crippen LogP contribution in [0.1, 0.15) is 94.9 Å². The summed E-state index contributed by atoms with van der Waals surface area (Å²) in [7, 11) is 0. The second-order valence-electron chi connectivity index (χ2n) is 13.3. The van der Waals surface area contributed by atoms with Gasteiger partial charge in [-0.15, -0.1) is 0 Å². The van der Waals surface area contributed by atoms with Crippen LogP contribution in [0.2, 0.25) is 0 Å². The van der Waals surface area contributed by atoms with E-state index in [1.165, 1.54) is 0 Å². The number of hydrogen-bond donors (Lipinski definition) is 4. The molecule has 37 heavy (non-hydrogen) atoms. The van der Waals surface area contributed by atoms with Crippen molar-refractivity contribution in [2.24, 2.45) is 10.8 Å². The normalized spacial score (nSPS) is 13.6. The Labute approximate surface area is 228 Å². The molecule has 0 aromatic heterocycles. The molecule has 0 saturated heterocycles. The molecule has 10 heteroatoms. The zero-order valence-corrected chi connectivity index (χ0v) is 25.4. The van der Waals surface area contributed by atoms with Crippen LogP contribution >= 0.6 is 11.8 Å². The van der Waals surface area contributed by atoms with Gasteiger partial charge in [-0.1, -0.05) is 41.5 Å². The smallest absolute Gasteiger partial charge is 0.303 e. The highest BCUT2D eigenvalue weighted by Crippen LogP contribution is 2.22. The van der Waals surface area contributed by atoms with E-state index < -0.39 is 29.1 Å². The second-order valence-corrected chi connectivity index (χ2v) is 14.4. The highest BCUT2D eigenvalue weighted by molar-refractivity contribution is 7.99. The van der Waals surface area contributed by atoms with E-state index in [1.54, 1.807) is 11.8 Å². The van der Waals surface area contributed by atoms with E-state index in [2.05, 4.69) is 36.7 Å². The van der Waals surface area contributed by atoms with Crippen LogP contribution in [-0.4, -0.2) is 70.6 Å². The van der Waals surface area contributed by atoms with Gasteiger partial charge in [-0.3, -0.25) is 19.2 Å². The lowest BCUT2D eigenvalue weighted by molar-refractivity contribution is -0.139. The average molecular weight is 546 g/mol. The highest BCUT2D eigenvalue weighted by Gasteiger charge is 2.30. The van der Waals surface area contributed by atoms with E-state index in [-0.39, 0.29) is 42.1 Å². The fourth-order valence-electron chi connectivity index (χ4n) is 3.10. The molecule has 0 fully saturated rings. The van der Waals surface area contributed by atoms with E-state index >= 15 is 0 Å². The van der Waals surface area contributed by atoms with Crippen LogP contribution < -0.4 is 16.0 Å². The summed E-state index contributed by atoms with van der Waals surface area (Å²) in [6.07, 6.45) is 0.588. The first-order valence-electron chi connectivity index (χ1n) is 12.9. The van der Waals surface area contributed by atoms with Gasteiger partial charge in [0.15, 0.2) is 0 Å². The maximum Gasteiger partial charge on any atom is 0.303 e. The molecular weight excluding hydrogens is 494 g/mol. The van der Waals surface area contributed by atoms with Crippen molar-refractivity contribution in [2.75, 3.05) is 24.7 Å². The van der Waals surface area contributed by atoms with Crippen LogP contribution in [0.15, 0.2) is 0 Å². The molecule has 0 unspecified atom stereocenters. The maximum absolute atomic E-state index is 13.1. The van der Waals surface area contributed by atoms with Gasteiger partial charge in [0.25, 0.3) is 0 Å². The Bertz CT molecular complexity index is 769. The standard InChI is InChI=1S/C27H51N3O6S/c1-24(2,3)15-21(32)28-14-13-27(9,10)36-17-26(7,8)30-23(35)19(16-37-18-25(4,5)6)29-20(31)11-12-22(33)34/h19H,11-18H2,1-10H3,(H,28,32)(H,29,31)(H,30,35)(H,33,34)/t19-/m0/s1. The third kappa shape index (κ3) is 19.9. The summed E-state index contributed by atoms with van der Waals surface area (Å²) in [6, 6.07) is -0.793. The molecule has 0 aromatic carbocycles. The van der Waals surface area contributed by atoms with Crippen molar-refractivity contribution in [1.29, 1.82) is 0 Å². The minimum atomic E-state index is -1.06.